The smallest absolute Gasteiger partial charge is 0.378 e. The summed E-state index contributed by atoms with van der Waals surface area (Å²) in [6.45, 7) is 2.64. The van der Waals surface area contributed by atoms with E-state index in [2.05, 4.69) is 5.32 Å². The Bertz CT molecular complexity index is 1810. The second-order valence-electron chi connectivity index (χ2n) is 10.8. The molecule has 0 aliphatic carbocycles. The Morgan fingerprint density at radius 3 is 2.04 bits per heavy atom. The molecule has 0 spiro atoms. The molecule has 0 saturated heterocycles. The van der Waals surface area contributed by atoms with Gasteiger partial charge in [-0.3, -0.25) is 4.79 Å². The highest BCUT2D eigenvalue weighted by Crippen LogP contribution is 2.39. The van der Waals surface area contributed by atoms with Crippen LogP contribution >= 0.6 is 23.2 Å². The van der Waals surface area contributed by atoms with E-state index in [9.17, 15) is 18.0 Å². The summed E-state index contributed by atoms with van der Waals surface area (Å²) >= 11 is 12.4. The molecule has 1 heterocycles. The minimum absolute atomic E-state index is 0.242. The maximum atomic E-state index is 13.8. The van der Waals surface area contributed by atoms with Crippen LogP contribution in [0.5, 0.6) is 0 Å². The predicted octanol–water partition coefficient (Wildman–Crippen LogP) is 7.98. The number of amides is 1. The van der Waals surface area contributed by atoms with Gasteiger partial charge in [-0.25, -0.2) is 4.98 Å². The van der Waals surface area contributed by atoms with Crippen molar-refractivity contribution in [2.45, 2.75) is 12.7 Å². The molecular weight excluding hydrogens is 664 g/mol. The van der Waals surface area contributed by atoms with Gasteiger partial charge in [-0.05, 0) is 54.1 Å². The molecule has 0 fully saturated rings. The second kappa shape index (κ2) is 16.3. The first kappa shape index (κ1) is 35.1. The number of benzene rings is 4. The molecule has 0 aliphatic rings. The lowest BCUT2D eigenvalue weighted by molar-refractivity contribution is -0.137. The third-order valence-corrected chi connectivity index (χ3v) is 7.88. The molecule has 7 nitrogen and oxygen atoms in total. The highest BCUT2D eigenvalue weighted by Gasteiger charge is 2.31. The van der Waals surface area contributed by atoms with Crippen molar-refractivity contribution in [2.24, 2.45) is 5.73 Å². The van der Waals surface area contributed by atoms with Crippen LogP contribution in [-0.4, -0.2) is 55.0 Å². The highest BCUT2D eigenvalue weighted by atomic mass is 35.5. The number of halogens is 5. The minimum atomic E-state index is -4.53. The number of carbonyl (C=O) groups is 1. The summed E-state index contributed by atoms with van der Waals surface area (Å²) in [5, 5.41) is 3.90. The number of aromatic nitrogens is 2. The number of imidazole rings is 1. The van der Waals surface area contributed by atoms with E-state index in [1.807, 2.05) is 41.0 Å². The molecule has 5 rings (SSSR count). The van der Waals surface area contributed by atoms with E-state index in [1.54, 1.807) is 42.5 Å². The van der Waals surface area contributed by atoms with Gasteiger partial charge in [0, 0.05) is 51.9 Å². The molecule has 5 aromatic rings. The molecule has 12 heteroatoms. The summed E-state index contributed by atoms with van der Waals surface area (Å²) in [5.41, 5.74) is 8.88. The van der Waals surface area contributed by atoms with Crippen LogP contribution in [-0.2, 0) is 22.2 Å². The number of alkyl halides is 3. The van der Waals surface area contributed by atoms with Gasteiger partial charge in [0.1, 0.15) is 5.82 Å². The molecule has 0 atom stereocenters. The average Bonchev–Trinajstić information content (AvgIpc) is 3.45. The van der Waals surface area contributed by atoms with Crippen LogP contribution in [0.2, 0.25) is 10.0 Å². The third-order valence-electron chi connectivity index (χ3n) is 7.37. The molecule has 0 unspecified atom stereocenters. The van der Waals surface area contributed by atoms with Crippen LogP contribution in [0, 0.1) is 0 Å². The first-order chi connectivity index (χ1) is 23.1. The topological polar surface area (TPSA) is 91.4 Å². The summed E-state index contributed by atoms with van der Waals surface area (Å²) in [6.07, 6.45) is -4.53. The molecule has 250 valence electrons. The van der Waals surface area contributed by atoms with Crippen LogP contribution in [0.3, 0.4) is 0 Å². The van der Waals surface area contributed by atoms with E-state index in [4.69, 9.17) is 43.4 Å². The van der Waals surface area contributed by atoms with Crippen molar-refractivity contribution in [3.63, 3.8) is 0 Å². The SMILES string of the molecule is NCCOCCOCCNC(=O)c1ccc(Cn2c(-c3cccc(C(F)(F)F)c3)nc(-c3ccc(Cl)cc3)c2-c2ccc(Cl)cc2)cc1. The van der Waals surface area contributed by atoms with Gasteiger partial charge in [0.25, 0.3) is 5.91 Å². The molecule has 0 saturated carbocycles. The Labute approximate surface area is 286 Å². The highest BCUT2D eigenvalue weighted by molar-refractivity contribution is 6.31. The number of ether oxygens (including phenoxy) is 2. The molecule has 0 bridgehead atoms. The van der Waals surface area contributed by atoms with Crippen molar-refractivity contribution in [1.29, 1.82) is 0 Å². The van der Waals surface area contributed by atoms with Crippen molar-refractivity contribution in [1.82, 2.24) is 14.9 Å². The standard InChI is InChI=1S/C36H33Cl2F3N4O3/c37-30-12-8-25(9-13-30)32-33(26-10-14-31(38)15-11-26)45(34(44-32)28-2-1-3-29(22-28)36(39,40)41)23-24-4-6-27(7-5-24)35(46)43-17-19-48-21-20-47-18-16-42/h1-15,22H,16-21,23,42H2,(H,43,46). The lowest BCUT2D eigenvalue weighted by atomic mass is 10.0. The Morgan fingerprint density at radius 2 is 1.42 bits per heavy atom. The minimum Gasteiger partial charge on any atom is -0.378 e. The monoisotopic (exact) mass is 696 g/mol. The summed E-state index contributed by atoms with van der Waals surface area (Å²) in [7, 11) is 0. The number of nitrogens with one attached hydrogen (secondary N) is 1. The molecule has 1 aromatic heterocycles. The zero-order valence-electron chi connectivity index (χ0n) is 25.8. The van der Waals surface area contributed by atoms with E-state index in [0.717, 1.165) is 28.8 Å². The van der Waals surface area contributed by atoms with Gasteiger partial charge in [0.05, 0.1) is 43.4 Å². The lowest BCUT2D eigenvalue weighted by Gasteiger charge is -2.15. The Morgan fingerprint density at radius 1 is 0.792 bits per heavy atom. The van der Waals surface area contributed by atoms with Crippen LogP contribution < -0.4 is 11.1 Å². The molecule has 0 radical (unpaired) electrons. The van der Waals surface area contributed by atoms with E-state index in [-0.39, 0.29) is 12.5 Å². The van der Waals surface area contributed by atoms with Gasteiger partial charge in [0.2, 0.25) is 0 Å². The van der Waals surface area contributed by atoms with Crippen molar-refractivity contribution in [3.05, 3.63) is 124 Å². The molecule has 3 N–H and O–H groups in total. The van der Waals surface area contributed by atoms with Crippen molar-refractivity contribution in [3.8, 4) is 33.9 Å². The van der Waals surface area contributed by atoms with E-state index in [0.29, 0.717) is 77.9 Å². The molecular formula is C36H33Cl2F3N4O3. The van der Waals surface area contributed by atoms with Crippen LogP contribution in [0.25, 0.3) is 33.9 Å². The van der Waals surface area contributed by atoms with Crippen LogP contribution in [0.15, 0.2) is 97.1 Å². The first-order valence-corrected chi connectivity index (χ1v) is 15.9. The maximum Gasteiger partial charge on any atom is 0.416 e. The zero-order valence-corrected chi connectivity index (χ0v) is 27.3. The number of carbonyl (C=O) groups excluding carboxylic acids is 1. The fraction of sp³-hybridized carbons (Fsp3) is 0.222. The number of nitrogens with two attached hydrogens (primary N) is 1. The molecule has 1 amide bonds. The second-order valence-corrected chi connectivity index (χ2v) is 11.7. The Kier molecular flexibility index (Phi) is 11.9. The van der Waals surface area contributed by atoms with E-state index >= 15 is 0 Å². The van der Waals surface area contributed by atoms with Crippen molar-refractivity contribution < 1.29 is 27.4 Å². The molecule has 0 aliphatic heterocycles. The van der Waals surface area contributed by atoms with Gasteiger partial charge in [0.15, 0.2) is 0 Å². The number of nitrogens with zero attached hydrogens (tertiary/aromatic N) is 2. The van der Waals surface area contributed by atoms with Gasteiger partial charge < -0.3 is 25.1 Å². The van der Waals surface area contributed by atoms with E-state index < -0.39 is 11.7 Å². The quantitative estimate of drug-likeness (QED) is 0.115. The number of hydrogen-bond donors (Lipinski definition) is 2. The molecule has 48 heavy (non-hydrogen) atoms. The zero-order chi connectivity index (χ0) is 34.1. The van der Waals surface area contributed by atoms with Crippen LogP contribution in [0.4, 0.5) is 13.2 Å². The average molecular weight is 698 g/mol. The van der Waals surface area contributed by atoms with Gasteiger partial charge in [-0.2, -0.15) is 13.2 Å². The number of rotatable bonds is 14. The Hall–Kier alpha value is -4.19. The van der Waals surface area contributed by atoms with Crippen molar-refractivity contribution >= 4 is 29.1 Å². The summed E-state index contributed by atoms with van der Waals surface area (Å²) in [4.78, 5) is 17.7. The predicted molar refractivity (Wildman–Crippen MR) is 182 cm³/mol. The normalized spacial score (nSPS) is 11.5. The van der Waals surface area contributed by atoms with E-state index in [1.165, 1.54) is 6.07 Å². The van der Waals surface area contributed by atoms with Gasteiger partial charge >= 0.3 is 6.18 Å². The first-order valence-electron chi connectivity index (χ1n) is 15.2. The molecule has 4 aromatic carbocycles. The third kappa shape index (κ3) is 9.03. The Balaban J connectivity index is 1.48. The lowest BCUT2D eigenvalue weighted by Crippen LogP contribution is -2.27. The summed E-state index contributed by atoms with van der Waals surface area (Å²) in [5.74, 6) is 0.0787. The summed E-state index contributed by atoms with van der Waals surface area (Å²) in [6, 6.07) is 26.4. The number of hydrogen-bond acceptors (Lipinski definition) is 5. The summed E-state index contributed by atoms with van der Waals surface area (Å²) < 4.78 is 54.0. The fourth-order valence-corrected chi connectivity index (χ4v) is 5.31. The maximum absolute atomic E-state index is 13.8. The van der Waals surface area contributed by atoms with Crippen molar-refractivity contribution in [2.75, 3.05) is 39.5 Å². The largest absolute Gasteiger partial charge is 0.416 e. The van der Waals surface area contributed by atoms with Crippen LogP contribution in [0.1, 0.15) is 21.5 Å². The van der Waals surface area contributed by atoms with Gasteiger partial charge in [-0.1, -0.05) is 71.7 Å². The fourth-order valence-electron chi connectivity index (χ4n) is 5.06. The van der Waals surface area contributed by atoms with Gasteiger partial charge in [-0.15, -0.1) is 0 Å².